The lowest BCUT2D eigenvalue weighted by Crippen LogP contribution is -2.56. The molecule has 0 radical (unpaired) electrons. The number of rotatable bonds is 8. The molecule has 3 nitrogen and oxygen atoms in total. The van der Waals surface area contributed by atoms with Crippen molar-refractivity contribution in [2.75, 3.05) is 20.2 Å². The zero-order valence-electron chi connectivity index (χ0n) is 14.3. The average molecular weight is 284 g/mol. The molecule has 2 unspecified atom stereocenters. The molecule has 120 valence electrons. The number of aliphatic hydroxyl groups excluding tert-OH is 1. The number of hydrogen-bond acceptors (Lipinski definition) is 3. The average Bonchev–Trinajstić information content (AvgIpc) is 2.47. The topological polar surface area (TPSA) is 35.5 Å². The second-order valence-electron chi connectivity index (χ2n) is 7.00. The van der Waals surface area contributed by atoms with Crippen molar-refractivity contribution < 1.29 is 5.11 Å². The Kier molecular flexibility index (Phi) is 7.49. The molecule has 20 heavy (non-hydrogen) atoms. The number of nitrogens with one attached hydrogen (secondary N) is 1. The van der Waals surface area contributed by atoms with Gasteiger partial charge in [-0.2, -0.15) is 0 Å². The van der Waals surface area contributed by atoms with Crippen LogP contribution >= 0.6 is 0 Å². The van der Waals surface area contributed by atoms with Crippen LogP contribution in [0.3, 0.4) is 0 Å². The first-order valence-electron chi connectivity index (χ1n) is 8.57. The molecule has 0 aromatic carbocycles. The van der Waals surface area contributed by atoms with Crippen molar-refractivity contribution in [1.82, 2.24) is 10.2 Å². The number of aliphatic hydroxyl groups is 1. The predicted molar refractivity (Wildman–Crippen MR) is 87.0 cm³/mol. The normalized spacial score (nSPS) is 27.8. The summed E-state index contributed by atoms with van der Waals surface area (Å²) in [4.78, 5) is 2.74. The van der Waals surface area contributed by atoms with E-state index >= 15 is 0 Å². The van der Waals surface area contributed by atoms with E-state index in [9.17, 15) is 5.11 Å². The van der Waals surface area contributed by atoms with E-state index in [1.807, 2.05) is 7.05 Å². The molecule has 0 aromatic rings. The van der Waals surface area contributed by atoms with Crippen LogP contribution in [0.15, 0.2) is 0 Å². The molecule has 0 heterocycles. The third kappa shape index (κ3) is 4.44. The van der Waals surface area contributed by atoms with Gasteiger partial charge < -0.3 is 10.4 Å². The van der Waals surface area contributed by atoms with E-state index in [1.165, 1.54) is 32.2 Å². The van der Waals surface area contributed by atoms with Gasteiger partial charge in [0.25, 0.3) is 0 Å². The fourth-order valence-electron chi connectivity index (χ4n) is 3.84. The number of nitrogens with zero attached hydrogens (tertiary/aromatic N) is 1. The summed E-state index contributed by atoms with van der Waals surface area (Å²) in [6, 6.07) is 1.31. The number of hydrogen-bond donors (Lipinski definition) is 2. The zero-order chi connectivity index (χ0) is 15.2. The van der Waals surface area contributed by atoms with Crippen molar-refractivity contribution in [3.63, 3.8) is 0 Å². The maximum absolute atomic E-state index is 9.79. The maximum Gasteiger partial charge on any atom is 0.0613 e. The van der Waals surface area contributed by atoms with Crippen molar-refractivity contribution in [2.45, 2.75) is 83.8 Å². The Balaban J connectivity index is 2.83. The van der Waals surface area contributed by atoms with E-state index in [-0.39, 0.29) is 12.1 Å². The van der Waals surface area contributed by atoms with Gasteiger partial charge in [-0.1, -0.05) is 27.7 Å². The van der Waals surface area contributed by atoms with Gasteiger partial charge >= 0.3 is 0 Å². The van der Waals surface area contributed by atoms with Crippen LogP contribution in [0.5, 0.6) is 0 Å². The van der Waals surface area contributed by atoms with Crippen LogP contribution in [0, 0.1) is 5.92 Å². The van der Waals surface area contributed by atoms with E-state index in [0.717, 1.165) is 12.8 Å². The van der Waals surface area contributed by atoms with Gasteiger partial charge in [-0.25, -0.2) is 0 Å². The molecular weight excluding hydrogens is 248 g/mol. The Hall–Kier alpha value is -0.120. The molecule has 1 fully saturated rings. The van der Waals surface area contributed by atoms with Gasteiger partial charge in [0.05, 0.1) is 6.61 Å². The summed E-state index contributed by atoms with van der Waals surface area (Å²) >= 11 is 0. The van der Waals surface area contributed by atoms with Crippen LogP contribution in [-0.2, 0) is 0 Å². The highest BCUT2D eigenvalue weighted by atomic mass is 16.3. The molecule has 0 aliphatic heterocycles. The summed E-state index contributed by atoms with van der Waals surface area (Å²) in [6.45, 7) is 10.7. The SMILES string of the molecule is CCC(CC)N(CC(C)C)C1CCCC(CO)(NC)C1. The van der Waals surface area contributed by atoms with Crippen molar-refractivity contribution in [1.29, 1.82) is 0 Å². The molecule has 2 atom stereocenters. The van der Waals surface area contributed by atoms with E-state index in [2.05, 4.69) is 37.9 Å². The van der Waals surface area contributed by atoms with Gasteiger partial charge in [-0.3, -0.25) is 4.90 Å². The Bertz CT molecular complexity index is 260. The number of likely N-dealkylation sites (N-methyl/N-ethyl adjacent to an activating group) is 1. The van der Waals surface area contributed by atoms with Crippen molar-refractivity contribution in [3.8, 4) is 0 Å². The Morgan fingerprint density at radius 1 is 1.30 bits per heavy atom. The summed E-state index contributed by atoms with van der Waals surface area (Å²) in [5, 5.41) is 13.2. The van der Waals surface area contributed by atoms with E-state index in [0.29, 0.717) is 18.0 Å². The lowest BCUT2D eigenvalue weighted by molar-refractivity contribution is 0.0323. The van der Waals surface area contributed by atoms with Crippen molar-refractivity contribution in [3.05, 3.63) is 0 Å². The molecule has 1 rings (SSSR count). The second-order valence-corrected chi connectivity index (χ2v) is 7.00. The van der Waals surface area contributed by atoms with Crippen molar-refractivity contribution in [2.24, 2.45) is 5.92 Å². The fourth-order valence-corrected chi connectivity index (χ4v) is 3.84. The van der Waals surface area contributed by atoms with Crippen LogP contribution in [0.1, 0.15) is 66.2 Å². The molecule has 1 aliphatic carbocycles. The minimum Gasteiger partial charge on any atom is -0.394 e. The van der Waals surface area contributed by atoms with Gasteiger partial charge in [-0.05, 0) is 51.5 Å². The first kappa shape index (κ1) is 17.9. The molecule has 0 spiro atoms. The lowest BCUT2D eigenvalue weighted by atomic mass is 9.78. The third-order valence-corrected chi connectivity index (χ3v) is 5.11. The summed E-state index contributed by atoms with van der Waals surface area (Å²) in [5.41, 5.74) is -0.0514. The monoisotopic (exact) mass is 284 g/mol. The molecule has 0 aromatic heterocycles. The first-order chi connectivity index (χ1) is 9.51. The molecule has 1 aliphatic rings. The van der Waals surface area contributed by atoms with Gasteiger partial charge in [0, 0.05) is 24.2 Å². The molecule has 1 saturated carbocycles. The van der Waals surface area contributed by atoms with Gasteiger partial charge in [0.2, 0.25) is 0 Å². The Labute approximate surface area is 126 Å². The van der Waals surface area contributed by atoms with Crippen molar-refractivity contribution >= 4 is 0 Å². The van der Waals surface area contributed by atoms with E-state index in [1.54, 1.807) is 0 Å². The molecule has 0 amide bonds. The van der Waals surface area contributed by atoms with E-state index < -0.39 is 0 Å². The van der Waals surface area contributed by atoms with Crippen LogP contribution in [0.2, 0.25) is 0 Å². The molecule has 3 heteroatoms. The highest BCUT2D eigenvalue weighted by Crippen LogP contribution is 2.33. The quantitative estimate of drug-likeness (QED) is 0.719. The largest absolute Gasteiger partial charge is 0.394 e. The fraction of sp³-hybridized carbons (Fsp3) is 1.00. The highest BCUT2D eigenvalue weighted by Gasteiger charge is 2.38. The Morgan fingerprint density at radius 3 is 2.40 bits per heavy atom. The van der Waals surface area contributed by atoms with Gasteiger partial charge in [0.1, 0.15) is 0 Å². The maximum atomic E-state index is 9.79. The van der Waals surface area contributed by atoms with Crippen LogP contribution in [0.25, 0.3) is 0 Å². The summed E-state index contributed by atoms with van der Waals surface area (Å²) < 4.78 is 0. The lowest BCUT2D eigenvalue weighted by Gasteiger charge is -2.47. The molecular formula is C17H36N2O. The van der Waals surface area contributed by atoms with Crippen LogP contribution in [-0.4, -0.2) is 47.8 Å². The Morgan fingerprint density at radius 2 is 1.95 bits per heavy atom. The van der Waals surface area contributed by atoms with Crippen LogP contribution < -0.4 is 5.32 Å². The minimum absolute atomic E-state index is 0.0514. The first-order valence-corrected chi connectivity index (χ1v) is 8.57. The second kappa shape index (κ2) is 8.35. The summed E-state index contributed by atoms with van der Waals surface area (Å²) in [5.74, 6) is 0.704. The highest BCUT2D eigenvalue weighted by molar-refractivity contribution is 4.96. The molecule has 0 bridgehead atoms. The molecule has 2 N–H and O–H groups in total. The van der Waals surface area contributed by atoms with Gasteiger partial charge in [-0.15, -0.1) is 0 Å². The smallest absolute Gasteiger partial charge is 0.0613 e. The predicted octanol–water partition coefficient (Wildman–Crippen LogP) is 3.03. The zero-order valence-corrected chi connectivity index (χ0v) is 14.3. The summed E-state index contributed by atoms with van der Waals surface area (Å²) in [6.07, 6.45) is 7.16. The molecule has 0 saturated heterocycles. The minimum atomic E-state index is -0.0514. The summed E-state index contributed by atoms with van der Waals surface area (Å²) in [7, 11) is 2.00. The van der Waals surface area contributed by atoms with Crippen LogP contribution in [0.4, 0.5) is 0 Å². The van der Waals surface area contributed by atoms with E-state index in [4.69, 9.17) is 0 Å². The standard InChI is InChI=1S/C17H36N2O/c1-6-15(7-2)19(12-14(3)4)16-9-8-10-17(11-16,13-20)18-5/h14-16,18,20H,6-13H2,1-5H3. The third-order valence-electron chi connectivity index (χ3n) is 5.11. The van der Waals surface area contributed by atoms with Gasteiger partial charge in [0.15, 0.2) is 0 Å².